The van der Waals surface area contributed by atoms with Crippen molar-refractivity contribution in [1.82, 2.24) is 14.4 Å². The van der Waals surface area contributed by atoms with E-state index in [0.29, 0.717) is 24.4 Å². The van der Waals surface area contributed by atoms with Crippen molar-refractivity contribution in [2.75, 3.05) is 13.7 Å². The Morgan fingerprint density at radius 1 is 1.14 bits per heavy atom. The van der Waals surface area contributed by atoms with Crippen LogP contribution in [0.25, 0.3) is 11.3 Å². The number of benzene rings is 1. The van der Waals surface area contributed by atoms with E-state index in [1.165, 1.54) is 10.5 Å². The number of pyridine rings is 1. The van der Waals surface area contributed by atoms with Crippen molar-refractivity contribution in [1.29, 1.82) is 0 Å². The molecular formula is C21H23N3O4S. The molecule has 1 saturated heterocycles. The summed E-state index contributed by atoms with van der Waals surface area (Å²) in [4.78, 5) is 4.17. The lowest BCUT2D eigenvalue weighted by Crippen LogP contribution is -2.34. The van der Waals surface area contributed by atoms with Gasteiger partial charge in [0.2, 0.25) is 10.0 Å². The summed E-state index contributed by atoms with van der Waals surface area (Å²) in [5.41, 5.74) is 1.56. The molecule has 3 aromatic rings. The molecule has 0 saturated carbocycles. The molecule has 8 heteroatoms. The van der Waals surface area contributed by atoms with Gasteiger partial charge < -0.3 is 9.26 Å². The number of aromatic nitrogens is 2. The average Bonchev–Trinajstić information content (AvgIpc) is 3.11. The third-order valence-electron chi connectivity index (χ3n) is 5.19. The summed E-state index contributed by atoms with van der Waals surface area (Å²) in [5, 5.41) is 4.19. The normalized spacial score (nSPS) is 18.3. The molecule has 0 N–H and O–H groups in total. The molecule has 0 radical (unpaired) electrons. The number of hydrogen-bond donors (Lipinski definition) is 0. The maximum Gasteiger partial charge on any atom is 0.245 e. The van der Waals surface area contributed by atoms with Gasteiger partial charge in [0.15, 0.2) is 5.76 Å². The van der Waals surface area contributed by atoms with Crippen molar-refractivity contribution < 1.29 is 17.7 Å². The minimum atomic E-state index is -3.68. The van der Waals surface area contributed by atoms with Gasteiger partial charge in [-0.3, -0.25) is 4.98 Å². The van der Waals surface area contributed by atoms with E-state index in [2.05, 4.69) is 10.1 Å². The second kappa shape index (κ2) is 8.34. The van der Waals surface area contributed by atoms with Crippen LogP contribution in [0.5, 0.6) is 5.75 Å². The molecule has 29 heavy (non-hydrogen) atoms. The van der Waals surface area contributed by atoms with Gasteiger partial charge in [-0.2, -0.15) is 4.31 Å². The summed E-state index contributed by atoms with van der Waals surface area (Å²) in [7, 11) is -2.06. The van der Waals surface area contributed by atoms with Crippen LogP contribution in [0.3, 0.4) is 0 Å². The monoisotopic (exact) mass is 413 g/mol. The van der Waals surface area contributed by atoms with Crippen molar-refractivity contribution in [2.24, 2.45) is 0 Å². The zero-order chi connectivity index (χ0) is 20.3. The third kappa shape index (κ3) is 4.04. The maximum atomic E-state index is 13.3. The Morgan fingerprint density at radius 2 is 1.97 bits per heavy atom. The lowest BCUT2D eigenvalue weighted by Gasteiger charge is -2.27. The molecule has 1 aliphatic heterocycles. The molecule has 152 valence electrons. The molecule has 1 atom stereocenters. The standard InChI is InChI=1S/C21H23N3O4S/c1-27-17-10-8-16(9-11-17)19-14-21(28-23-19)20-7-3-2-4-13-24(20)29(25,26)18-6-5-12-22-15-18/h5-6,8-12,14-15,20H,2-4,7,13H2,1H3/t20-/m0/s1. The molecule has 0 unspecified atom stereocenters. The highest BCUT2D eigenvalue weighted by molar-refractivity contribution is 7.89. The van der Waals surface area contributed by atoms with Crippen molar-refractivity contribution in [2.45, 2.75) is 36.6 Å². The fraction of sp³-hybridized carbons (Fsp3) is 0.333. The van der Waals surface area contributed by atoms with Gasteiger partial charge in [0, 0.05) is 30.6 Å². The Kier molecular flexibility index (Phi) is 5.64. The first-order valence-corrected chi connectivity index (χ1v) is 11.1. The molecule has 0 aliphatic carbocycles. The summed E-state index contributed by atoms with van der Waals surface area (Å²) in [6.45, 7) is 0.445. The molecule has 3 heterocycles. The van der Waals surface area contributed by atoms with Crippen LogP contribution >= 0.6 is 0 Å². The number of hydrogen-bond acceptors (Lipinski definition) is 6. The first kappa shape index (κ1) is 19.6. The molecule has 1 aromatic carbocycles. The van der Waals surface area contributed by atoms with Crippen molar-refractivity contribution >= 4 is 10.0 Å². The van der Waals surface area contributed by atoms with Gasteiger partial charge in [-0.25, -0.2) is 8.42 Å². The van der Waals surface area contributed by atoms with E-state index in [9.17, 15) is 8.42 Å². The Balaban J connectivity index is 1.67. The summed E-state index contributed by atoms with van der Waals surface area (Å²) >= 11 is 0. The zero-order valence-corrected chi connectivity index (χ0v) is 17.0. The number of sulfonamides is 1. The minimum Gasteiger partial charge on any atom is -0.497 e. The highest BCUT2D eigenvalue weighted by Gasteiger charge is 2.35. The van der Waals surface area contributed by atoms with Gasteiger partial charge in [0.05, 0.1) is 13.2 Å². The van der Waals surface area contributed by atoms with E-state index in [-0.39, 0.29) is 10.9 Å². The summed E-state index contributed by atoms with van der Waals surface area (Å²) in [6.07, 6.45) is 6.38. The topological polar surface area (TPSA) is 85.5 Å². The predicted molar refractivity (Wildman–Crippen MR) is 108 cm³/mol. The van der Waals surface area contributed by atoms with E-state index < -0.39 is 10.0 Å². The summed E-state index contributed by atoms with van der Waals surface area (Å²) in [6, 6.07) is 12.2. The number of ether oxygens (including phenoxy) is 1. The molecule has 1 aliphatic rings. The van der Waals surface area contributed by atoms with E-state index in [4.69, 9.17) is 9.26 Å². The molecule has 7 nitrogen and oxygen atoms in total. The second-order valence-electron chi connectivity index (χ2n) is 7.01. The van der Waals surface area contributed by atoms with E-state index >= 15 is 0 Å². The molecule has 1 fully saturated rings. The Morgan fingerprint density at radius 3 is 2.69 bits per heavy atom. The van der Waals surface area contributed by atoms with Gasteiger partial charge in [0.1, 0.15) is 16.3 Å². The lowest BCUT2D eigenvalue weighted by molar-refractivity contribution is 0.259. The Hall–Kier alpha value is -2.71. The fourth-order valence-electron chi connectivity index (χ4n) is 3.63. The molecule has 0 bridgehead atoms. The number of methoxy groups -OCH3 is 1. The molecule has 0 spiro atoms. The fourth-order valence-corrected chi connectivity index (χ4v) is 5.26. The first-order chi connectivity index (χ1) is 14.1. The van der Waals surface area contributed by atoms with Crippen LogP contribution in [0.2, 0.25) is 0 Å². The van der Waals surface area contributed by atoms with E-state index in [1.807, 2.05) is 30.3 Å². The SMILES string of the molecule is COc1ccc(-c2cc([C@@H]3CCCCCN3S(=O)(=O)c3cccnc3)on2)cc1. The zero-order valence-electron chi connectivity index (χ0n) is 16.2. The Bertz CT molecular complexity index is 1050. The van der Waals surface area contributed by atoms with Gasteiger partial charge in [0.25, 0.3) is 0 Å². The molecule has 0 amide bonds. The van der Waals surface area contributed by atoms with E-state index in [1.54, 1.807) is 25.4 Å². The quantitative estimate of drug-likeness (QED) is 0.627. The van der Waals surface area contributed by atoms with Crippen LogP contribution in [-0.4, -0.2) is 36.5 Å². The molecule has 4 rings (SSSR count). The maximum absolute atomic E-state index is 13.3. The number of rotatable bonds is 5. The van der Waals surface area contributed by atoms with Crippen LogP contribution in [0, 0.1) is 0 Å². The largest absolute Gasteiger partial charge is 0.497 e. The highest BCUT2D eigenvalue weighted by atomic mass is 32.2. The van der Waals surface area contributed by atoms with Gasteiger partial charge in [-0.05, 0) is 49.2 Å². The highest BCUT2D eigenvalue weighted by Crippen LogP contribution is 2.36. The van der Waals surface area contributed by atoms with Crippen LogP contribution in [0.1, 0.15) is 37.5 Å². The predicted octanol–water partition coefficient (Wildman–Crippen LogP) is 4.05. The smallest absolute Gasteiger partial charge is 0.245 e. The average molecular weight is 413 g/mol. The van der Waals surface area contributed by atoms with Crippen LogP contribution in [0.4, 0.5) is 0 Å². The minimum absolute atomic E-state index is 0.196. The van der Waals surface area contributed by atoms with Crippen LogP contribution in [0.15, 0.2) is 64.3 Å². The van der Waals surface area contributed by atoms with Gasteiger partial charge in [-0.1, -0.05) is 18.0 Å². The summed E-state index contributed by atoms with van der Waals surface area (Å²) in [5.74, 6) is 1.32. The molecular weight excluding hydrogens is 390 g/mol. The third-order valence-corrected chi connectivity index (χ3v) is 7.08. The summed E-state index contributed by atoms with van der Waals surface area (Å²) < 4.78 is 38.9. The van der Waals surface area contributed by atoms with Crippen molar-refractivity contribution in [3.8, 4) is 17.0 Å². The molecule has 2 aromatic heterocycles. The van der Waals surface area contributed by atoms with Crippen molar-refractivity contribution in [3.05, 3.63) is 60.6 Å². The lowest BCUT2D eigenvalue weighted by atomic mass is 10.1. The first-order valence-electron chi connectivity index (χ1n) is 9.62. The second-order valence-corrected chi connectivity index (χ2v) is 8.90. The van der Waals surface area contributed by atoms with E-state index in [0.717, 1.165) is 30.6 Å². The van der Waals surface area contributed by atoms with Gasteiger partial charge >= 0.3 is 0 Å². The van der Waals surface area contributed by atoms with Crippen LogP contribution in [-0.2, 0) is 10.0 Å². The Labute approximate surface area is 170 Å². The van der Waals surface area contributed by atoms with Gasteiger partial charge in [-0.15, -0.1) is 0 Å². The van der Waals surface area contributed by atoms with Crippen LogP contribution < -0.4 is 4.74 Å². The van der Waals surface area contributed by atoms with Crippen molar-refractivity contribution in [3.63, 3.8) is 0 Å². The number of nitrogens with zero attached hydrogens (tertiary/aromatic N) is 3.